The molecule has 3 rings (SSSR count). The summed E-state index contributed by atoms with van der Waals surface area (Å²) in [5, 5.41) is 5.25. The average molecular weight is 299 g/mol. The largest absolute Gasteiger partial charge is 0.360 e. The van der Waals surface area contributed by atoms with Crippen LogP contribution in [0.1, 0.15) is 19.3 Å². The van der Waals surface area contributed by atoms with Crippen molar-refractivity contribution in [1.29, 1.82) is 0 Å². The zero-order valence-corrected chi connectivity index (χ0v) is 12.6. The Bertz CT molecular complexity index is 558. The first-order chi connectivity index (χ1) is 8.71. The Morgan fingerprint density at radius 1 is 1.50 bits per heavy atom. The second-order valence-electron chi connectivity index (χ2n) is 4.73. The number of rotatable bonds is 4. The number of halogens is 1. The molecular weight excluding hydrogens is 284 g/mol. The molecule has 1 fully saturated rings. The van der Waals surface area contributed by atoms with E-state index in [2.05, 4.69) is 16.6 Å². The van der Waals surface area contributed by atoms with Crippen LogP contribution in [0.5, 0.6) is 0 Å². The van der Waals surface area contributed by atoms with E-state index in [1.165, 1.54) is 24.0 Å². The van der Waals surface area contributed by atoms with E-state index in [1.54, 1.807) is 11.3 Å². The van der Waals surface area contributed by atoms with Crippen molar-refractivity contribution in [3.8, 4) is 0 Å². The zero-order chi connectivity index (χ0) is 12.6. The van der Waals surface area contributed by atoms with Gasteiger partial charge in [-0.2, -0.15) is 11.8 Å². The van der Waals surface area contributed by atoms with Gasteiger partial charge in [0.05, 0.1) is 10.2 Å². The summed E-state index contributed by atoms with van der Waals surface area (Å²) in [5.41, 5.74) is 0.988. The van der Waals surface area contributed by atoms with Crippen molar-refractivity contribution in [3.63, 3.8) is 0 Å². The fourth-order valence-corrected chi connectivity index (χ4v) is 4.16. The molecule has 0 spiro atoms. The molecule has 0 atom stereocenters. The minimum absolute atomic E-state index is 0.440. The molecule has 18 heavy (non-hydrogen) atoms. The van der Waals surface area contributed by atoms with E-state index in [1.807, 2.05) is 30.0 Å². The van der Waals surface area contributed by atoms with Crippen LogP contribution in [0.15, 0.2) is 18.2 Å². The normalized spacial score (nSPS) is 17.7. The summed E-state index contributed by atoms with van der Waals surface area (Å²) in [5.74, 6) is 0. The topological polar surface area (TPSA) is 24.9 Å². The number of nitrogens with one attached hydrogen (secondary N) is 1. The number of hydrogen-bond donors (Lipinski definition) is 1. The summed E-state index contributed by atoms with van der Waals surface area (Å²) in [4.78, 5) is 4.58. The Balaban J connectivity index is 1.74. The minimum Gasteiger partial charge on any atom is -0.360 e. The number of aromatic nitrogens is 1. The molecule has 1 heterocycles. The van der Waals surface area contributed by atoms with Crippen molar-refractivity contribution in [2.24, 2.45) is 0 Å². The maximum Gasteiger partial charge on any atom is 0.183 e. The molecule has 1 aromatic heterocycles. The highest BCUT2D eigenvalue weighted by Crippen LogP contribution is 2.43. The van der Waals surface area contributed by atoms with Gasteiger partial charge in [-0.05, 0) is 37.3 Å². The fraction of sp³-hybridized carbons (Fsp3) is 0.462. The predicted molar refractivity (Wildman–Crippen MR) is 83.2 cm³/mol. The highest BCUT2D eigenvalue weighted by molar-refractivity contribution is 8.00. The molecule has 1 aromatic carbocycles. The Labute approximate surface area is 120 Å². The molecule has 1 saturated carbocycles. The van der Waals surface area contributed by atoms with Crippen molar-refractivity contribution in [1.82, 2.24) is 4.98 Å². The molecule has 1 aliphatic rings. The predicted octanol–water partition coefficient (Wildman–Crippen LogP) is 4.65. The van der Waals surface area contributed by atoms with Gasteiger partial charge in [0.25, 0.3) is 0 Å². The lowest BCUT2D eigenvalue weighted by atomic mass is 9.84. The molecule has 2 nitrogen and oxygen atoms in total. The maximum absolute atomic E-state index is 5.97. The number of hydrogen-bond acceptors (Lipinski definition) is 4. The summed E-state index contributed by atoms with van der Waals surface area (Å²) in [6.45, 7) is 1.02. The van der Waals surface area contributed by atoms with Crippen molar-refractivity contribution < 1.29 is 0 Å². The molecule has 0 radical (unpaired) electrons. The lowest BCUT2D eigenvalue weighted by molar-refractivity contribution is 0.380. The van der Waals surface area contributed by atoms with Gasteiger partial charge in [0.15, 0.2) is 5.13 Å². The van der Waals surface area contributed by atoms with Crippen molar-refractivity contribution in [2.75, 3.05) is 18.1 Å². The summed E-state index contributed by atoms with van der Waals surface area (Å²) >= 11 is 9.65. The Kier molecular flexibility index (Phi) is 3.43. The third kappa shape index (κ3) is 2.33. The van der Waals surface area contributed by atoms with E-state index < -0.39 is 0 Å². The van der Waals surface area contributed by atoms with Crippen LogP contribution in [-0.2, 0) is 0 Å². The van der Waals surface area contributed by atoms with Crippen LogP contribution < -0.4 is 5.32 Å². The van der Waals surface area contributed by atoms with Crippen molar-refractivity contribution >= 4 is 50.0 Å². The Morgan fingerprint density at radius 3 is 3.00 bits per heavy atom. The van der Waals surface area contributed by atoms with Crippen LogP contribution in [0.25, 0.3) is 10.2 Å². The third-order valence-electron chi connectivity index (χ3n) is 3.61. The average Bonchev–Trinajstić information content (AvgIpc) is 2.70. The second-order valence-corrected chi connectivity index (χ2v) is 7.47. The van der Waals surface area contributed by atoms with Crippen LogP contribution in [0.3, 0.4) is 0 Å². The second kappa shape index (κ2) is 4.91. The smallest absolute Gasteiger partial charge is 0.183 e. The molecule has 2 aromatic rings. The minimum atomic E-state index is 0.440. The van der Waals surface area contributed by atoms with Gasteiger partial charge < -0.3 is 5.32 Å². The number of anilines is 1. The van der Waals surface area contributed by atoms with Gasteiger partial charge in [0.1, 0.15) is 0 Å². The summed E-state index contributed by atoms with van der Waals surface area (Å²) in [6.07, 6.45) is 6.20. The zero-order valence-electron chi connectivity index (χ0n) is 10.2. The number of nitrogens with zero attached hydrogens (tertiary/aromatic N) is 1. The molecule has 0 bridgehead atoms. The van der Waals surface area contributed by atoms with Gasteiger partial charge >= 0.3 is 0 Å². The standard InChI is InChI=1S/C13H15ClN2S2/c1-17-13(5-2-6-13)8-15-12-16-10-7-9(14)3-4-11(10)18-12/h3-4,7H,2,5-6,8H2,1H3,(H,15,16). The van der Waals surface area contributed by atoms with E-state index >= 15 is 0 Å². The number of thiazole rings is 1. The van der Waals surface area contributed by atoms with Gasteiger partial charge in [-0.15, -0.1) is 0 Å². The molecule has 0 unspecified atom stereocenters. The molecule has 0 aliphatic heterocycles. The summed E-state index contributed by atoms with van der Waals surface area (Å²) < 4.78 is 1.63. The van der Waals surface area contributed by atoms with Gasteiger partial charge in [-0.25, -0.2) is 4.98 Å². The Morgan fingerprint density at radius 2 is 2.33 bits per heavy atom. The molecule has 0 amide bonds. The first-order valence-corrected chi connectivity index (χ1v) is 8.48. The molecule has 1 aliphatic carbocycles. The van der Waals surface area contributed by atoms with Gasteiger partial charge in [0, 0.05) is 16.3 Å². The monoisotopic (exact) mass is 298 g/mol. The SMILES string of the molecule is CSC1(CNc2nc3cc(Cl)ccc3s2)CCC1. The van der Waals surface area contributed by atoms with Crippen molar-refractivity contribution in [2.45, 2.75) is 24.0 Å². The third-order valence-corrected chi connectivity index (χ3v) is 6.26. The first-order valence-electron chi connectivity index (χ1n) is 6.06. The molecule has 1 N–H and O–H groups in total. The number of thioether (sulfide) groups is 1. The summed E-state index contributed by atoms with van der Waals surface area (Å²) in [7, 11) is 0. The fourth-order valence-electron chi connectivity index (χ4n) is 2.24. The lowest BCUT2D eigenvalue weighted by Gasteiger charge is -2.40. The van der Waals surface area contributed by atoms with Gasteiger partial charge in [-0.1, -0.05) is 29.4 Å². The van der Waals surface area contributed by atoms with Crippen LogP contribution in [0.4, 0.5) is 5.13 Å². The van der Waals surface area contributed by atoms with Gasteiger partial charge in [-0.3, -0.25) is 0 Å². The van der Waals surface area contributed by atoms with Crippen molar-refractivity contribution in [3.05, 3.63) is 23.2 Å². The first kappa shape index (κ1) is 12.6. The lowest BCUT2D eigenvalue weighted by Crippen LogP contribution is -2.40. The molecular formula is C13H15ClN2S2. The van der Waals surface area contributed by atoms with E-state index in [-0.39, 0.29) is 0 Å². The van der Waals surface area contributed by atoms with Crippen LogP contribution in [-0.4, -0.2) is 22.5 Å². The molecule has 0 saturated heterocycles. The number of benzene rings is 1. The summed E-state index contributed by atoms with van der Waals surface area (Å²) in [6, 6.07) is 5.88. The Hall–Kier alpha value is -0.450. The van der Waals surface area contributed by atoms with Crippen LogP contribution in [0.2, 0.25) is 5.02 Å². The van der Waals surface area contributed by atoms with Crippen LogP contribution in [0, 0.1) is 0 Å². The van der Waals surface area contributed by atoms with E-state index in [4.69, 9.17) is 11.6 Å². The van der Waals surface area contributed by atoms with Gasteiger partial charge in [0.2, 0.25) is 0 Å². The molecule has 96 valence electrons. The quantitative estimate of drug-likeness (QED) is 0.889. The maximum atomic E-state index is 5.97. The van der Waals surface area contributed by atoms with E-state index in [0.29, 0.717) is 4.75 Å². The van der Waals surface area contributed by atoms with E-state index in [0.717, 1.165) is 22.2 Å². The van der Waals surface area contributed by atoms with Crippen LogP contribution >= 0.6 is 34.7 Å². The highest BCUT2D eigenvalue weighted by atomic mass is 35.5. The number of fused-ring (bicyclic) bond motifs is 1. The molecule has 5 heteroatoms. The van der Waals surface area contributed by atoms with E-state index in [9.17, 15) is 0 Å². The highest BCUT2D eigenvalue weighted by Gasteiger charge is 2.35.